The van der Waals surface area contributed by atoms with Gasteiger partial charge >= 0.3 is 5.97 Å². The number of halogens is 1. The zero-order valence-electron chi connectivity index (χ0n) is 11.0. The van der Waals surface area contributed by atoms with Gasteiger partial charge in [-0.2, -0.15) is 0 Å². The molecule has 0 aliphatic carbocycles. The third-order valence-electron chi connectivity index (χ3n) is 2.96. The summed E-state index contributed by atoms with van der Waals surface area (Å²) in [6, 6.07) is 12.7. The van der Waals surface area contributed by atoms with Gasteiger partial charge in [0.15, 0.2) is 0 Å². The fourth-order valence-corrected chi connectivity index (χ4v) is 2.05. The van der Waals surface area contributed by atoms with E-state index in [2.05, 4.69) is 10.3 Å². The molecular weight excluding hydrogens is 276 g/mol. The Morgan fingerprint density at radius 2 is 2.10 bits per heavy atom. The molecule has 0 aliphatic rings. The Hall–Kier alpha value is -1.91. The molecule has 0 radical (unpaired) electrons. The van der Waals surface area contributed by atoms with Crippen molar-refractivity contribution in [3.63, 3.8) is 0 Å². The van der Waals surface area contributed by atoms with Crippen molar-refractivity contribution < 1.29 is 9.90 Å². The number of rotatable bonds is 5. The van der Waals surface area contributed by atoms with Gasteiger partial charge in [-0.15, -0.1) is 0 Å². The normalized spacial score (nSPS) is 12.1. The first kappa shape index (κ1) is 14.5. The maximum atomic E-state index is 10.9. The molecular formula is C15H15ClN2O2. The summed E-state index contributed by atoms with van der Waals surface area (Å²) in [7, 11) is 0. The van der Waals surface area contributed by atoms with E-state index in [1.807, 2.05) is 31.2 Å². The minimum Gasteiger partial charge on any atom is -0.477 e. The molecule has 1 aromatic carbocycles. The molecule has 1 unspecified atom stereocenters. The highest BCUT2D eigenvalue weighted by atomic mass is 35.5. The lowest BCUT2D eigenvalue weighted by Crippen LogP contribution is -2.19. The molecule has 0 fully saturated rings. The molecule has 0 spiro atoms. The minimum atomic E-state index is -1.02. The van der Waals surface area contributed by atoms with E-state index in [4.69, 9.17) is 16.7 Å². The molecule has 0 saturated heterocycles. The molecule has 5 heteroatoms. The smallest absolute Gasteiger partial charge is 0.354 e. The number of aromatic nitrogens is 1. The Morgan fingerprint density at radius 3 is 2.80 bits per heavy atom. The number of carboxylic acids is 1. The van der Waals surface area contributed by atoms with Crippen molar-refractivity contribution in [1.29, 1.82) is 0 Å². The number of aromatic carboxylic acids is 1. The summed E-state index contributed by atoms with van der Waals surface area (Å²) in [5, 5.41) is 12.9. The summed E-state index contributed by atoms with van der Waals surface area (Å²) < 4.78 is 0. The van der Waals surface area contributed by atoms with Gasteiger partial charge in [0.1, 0.15) is 5.69 Å². The standard InChI is InChI=1S/C15H15ClN2O2/c1-10(11-4-2-5-12(16)8-11)17-9-13-6-3-7-14(18-13)15(19)20/h2-8,10,17H,9H2,1H3,(H,19,20). The SMILES string of the molecule is CC(NCc1cccc(C(=O)O)n1)c1cccc(Cl)c1. The monoisotopic (exact) mass is 290 g/mol. The van der Waals surface area contributed by atoms with E-state index in [1.165, 1.54) is 6.07 Å². The Labute approximate surface area is 122 Å². The van der Waals surface area contributed by atoms with Crippen LogP contribution in [0.4, 0.5) is 0 Å². The Morgan fingerprint density at radius 1 is 1.35 bits per heavy atom. The van der Waals surface area contributed by atoms with E-state index in [9.17, 15) is 4.79 Å². The molecule has 2 aromatic rings. The number of nitrogens with zero attached hydrogens (tertiary/aromatic N) is 1. The average molecular weight is 291 g/mol. The van der Waals surface area contributed by atoms with Crippen molar-refractivity contribution in [2.24, 2.45) is 0 Å². The fraction of sp³-hybridized carbons (Fsp3) is 0.200. The largest absolute Gasteiger partial charge is 0.477 e. The van der Waals surface area contributed by atoms with Crippen LogP contribution in [0.3, 0.4) is 0 Å². The lowest BCUT2D eigenvalue weighted by molar-refractivity contribution is 0.0690. The highest BCUT2D eigenvalue weighted by molar-refractivity contribution is 6.30. The summed E-state index contributed by atoms with van der Waals surface area (Å²) in [6.07, 6.45) is 0. The van der Waals surface area contributed by atoms with Crippen molar-refractivity contribution in [2.45, 2.75) is 19.5 Å². The van der Waals surface area contributed by atoms with E-state index < -0.39 is 5.97 Å². The molecule has 4 nitrogen and oxygen atoms in total. The summed E-state index contributed by atoms with van der Waals surface area (Å²) >= 11 is 5.96. The highest BCUT2D eigenvalue weighted by Gasteiger charge is 2.08. The number of hydrogen-bond acceptors (Lipinski definition) is 3. The second-order valence-electron chi connectivity index (χ2n) is 4.48. The van der Waals surface area contributed by atoms with Crippen molar-refractivity contribution in [1.82, 2.24) is 10.3 Å². The number of nitrogens with one attached hydrogen (secondary N) is 1. The Balaban J connectivity index is 2.01. The van der Waals surface area contributed by atoms with Crippen LogP contribution in [0.25, 0.3) is 0 Å². The van der Waals surface area contributed by atoms with E-state index in [0.717, 1.165) is 5.56 Å². The zero-order valence-corrected chi connectivity index (χ0v) is 11.8. The van der Waals surface area contributed by atoms with E-state index in [-0.39, 0.29) is 11.7 Å². The molecule has 20 heavy (non-hydrogen) atoms. The minimum absolute atomic E-state index is 0.0553. The van der Waals surface area contributed by atoms with Crippen molar-refractivity contribution in [2.75, 3.05) is 0 Å². The first-order valence-corrected chi connectivity index (χ1v) is 6.62. The summed E-state index contributed by atoms with van der Waals surface area (Å²) in [6.45, 7) is 2.52. The van der Waals surface area contributed by atoms with Crippen LogP contribution in [-0.4, -0.2) is 16.1 Å². The molecule has 1 atom stereocenters. The molecule has 2 rings (SSSR count). The number of pyridine rings is 1. The Kier molecular flexibility index (Phi) is 4.71. The molecule has 0 amide bonds. The van der Waals surface area contributed by atoms with Gasteiger partial charge < -0.3 is 10.4 Å². The first-order valence-electron chi connectivity index (χ1n) is 6.24. The molecule has 0 aliphatic heterocycles. The fourth-order valence-electron chi connectivity index (χ4n) is 1.85. The number of carboxylic acid groups (broad SMARTS) is 1. The predicted octanol–water partition coefficient (Wildman–Crippen LogP) is 3.28. The van der Waals surface area contributed by atoms with Gasteiger partial charge in [-0.3, -0.25) is 0 Å². The second kappa shape index (κ2) is 6.50. The van der Waals surface area contributed by atoms with Crippen LogP contribution in [0.2, 0.25) is 5.02 Å². The lowest BCUT2D eigenvalue weighted by Gasteiger charge is -2.14. The van der Waals surface area contributed by atoms with Gasteiger partial charge in [0.2, 0.25) is 0 Å². The highest BCUT2D eigenvalue weighted by Crippen LogP contribution is 2.17. The van der Waals surface area contributed by atoms with Crippen LogP contribution in [0, 0.1) is 0 Å². The molecule has 2 N–H and O–H groups in total. The molecule has 0 bridgehead atoms. The van der Waals surface area contributed by atoms with Gasteiger partial charge in [0.25, 0.3) is 0 Å². The summed E-state index contributed by atoms with van der Waals surface area (Å²) in [5.41, 5.74) is 1.82. The van der Waals surface area contributed by atoms with Crippen LogP contribution >= 0.6 is 11.6 Å². The Bertz CT molecular complexity index is 616. The van der Waals surface area contributed by atoms with Crippen molar-refractivity contribution >= 4 is 17.6 Å². The van der Waals surface area contributed by atoms with Gasteiger partial charge in [-0.05, 0) is 36.8 Å². The quantitative estimate of drug-likeness (QED) is 0.887. The van der Waals surface area contributed by atoms with Crippen LogP contribution in [-0.2, 0) is 6.54 Å². The number of benzene rings is 1. The van der Waals surface area contributed by atoms with Crippen molar-refractivity contribution in [3.05, 3.63) is 64.4 Å². The summed E-state index contributed by atoms with van der Waals surface area (Å²) in [4.78, 5) is 14.9. The van der Waals surface area contributed by atoms with Gasteiger partial charge in [-0.25, -0.2) is 9.78 Å². The molecule has 0 saturated carbocycles. The number of hydrogen-bond donors (Lipinski definition) is 2. The number of carbonyl (C=O) groups is 1. The van der Waals surface area contributed by atoms with Gasteiger partial charge in [0.05, 0.1) is 5.69 Å². The first-order chi connectivity index (χ1) is 9.56. The predicted molar refractivity (Wildman–Crippen MR) is 77.9 cm³/mol. The molecule has 1 aromatic heterocycles. The second-order valence-corrected chi connectivity index (χ2v) is 4.91. The molecule has 104 valence electrons. The van der Waals surface area contributed by atoms with Gasteiger partial charge in [0, 0.05) is 17.6 Å². The zero-order chi connectivity index (χ0) is 14.5. The third kappa shape index (κ3) is 3.79. The van der Waals surface area contributed by atoms with Crippen molar-refractivity contribution in [3.8, 4) is 0 Å². The van der Waals surface area contributed by atoms with Crippen LogP contribution in [0.15, 0.2) is 42.5 Å². The maximum Gasteiger partial charge on any atom is 0.354 e. The van der Waals surface area contributed by atoms with Gasteiger partial charge in [-0.1, -0.05) is 29.8 Å². The third-order valence-corrected chi connectivity index (χ3v) is 3.20. The van der Waals surface area contributed by atoms with E-state index >= 15 is 0 Å². The summed E-state index contributed by atoms with van der Waals surface area (Å²) in [5.74, 6) is -1.02. The van der Waals surface area contributed by atoms with Crippen LogP contribution < -0.4 is 5.32 Å². The van der Waals surface area contributed by atoms with Crippen LogP contribution in [0.1, 0.15) is 34.7 Å². The van der Waals surface area contributed by atoms with E-state index in [0.29, 0.717) is 17.3 Å². The topological polar surface area (TPSA) is 62.2 Å². The lowest BCUT2D eigenvalue weighted by atomic mass is 10.1. The van der Waals surface area contributed by atoms with E-state index in [1.54, 1.807) is 12.1 Å². The maximum absolute atomic E-state index is 10.9. The van der Waals surface area contributed by atoms with Crippen LogP contribution in [0.5, 0.6) is 0 Å². The molecule has 1 heterocycles. The average Bonchev–Trinajstić information content (AvgIpc) is 2.45.